The lowest BCUT2D eigenvalue weighted by molar-refractivity contribution is 0.136. The number of aryl methyl sites for hydroxylation is 1. The van der Waals surface area contributed by atoms with E-state index >= 15 is 0 Å². The average molecular weight is 524 g/mol. The summed E-state index contributed by atoms with van der Waals surface area (Å²) in [6, 6.07) is 23.1. The third-order valence-electron chi connectivity index (χ3n) is 5.11. The first-order valence-electron chi connectivity index (χ1n) is 10.5. The molecule has 3 rings (SSSR count). The highest BCUT2D eigenvalue weighted by molar-refractivity contribution is 7.99. The molecule has 3 aromatic carbocycles. The van der Waals surface area contributed by atoms with E-state index in [1.165, 1.54) is 0 Å². The van der Waals surface area contributed by atoms with Crippen LogP contribution in [-0.2, 0) is 15.5 Å². The van der Waals surface area contributed by atoms with Gasteiger partial charge in [-0.25, -0.2) is 4.57 Å². The highest BCUT2D eigenvalue weighted by Crippen LogP contribution is 2.37. The van der Waals surface area contributed by atoms with E-state index in [0.29, 0.717) is 17.9 Å². The van der Waals surface area contributed by atoms with Gasteiger partial charge in [0.15, 0.2) is 0 Å². The Hall–Kier alpha value is -1.87. The second-order valence-electron chi connectivity index (χ2n) is 7.84. The van der Waals surface area contributed by atoms with Crippen LogP contribution >= 0.6 is 31.2 Å². The van der Waals surface area contributed by atoms with Gasteiger partial charge in [0.1, 0.15) is 11.5 Å². The van der Waals surface area contributed by atoms with E-state index < -0.39 is 13.4 Å². The van der Waals surface area contributed by atoms with E-state index in [1.807, 2.05) is 72.8 Å². The molecule has 10 heteroatoms. The van der Waals surface area contributed by atoms with Crippen LogP contribution in [0.2, 0.25) is 5.02 Å². The maximum atomic E-state index is 10.8. The van der Waals surface area contributed by atoms with Gasteiger partial charge >= 0.3 is 7.82 Å². The Morgan fingerprint density at radius 2 is 1.65 bits per heavy atom. The molecule has 0 aliphatic rings. The number of benzene rings is 3. The molecule has 0 fully saturated rings. The lowest BCUT2D eigenvalue weighted by Gasteiger charge is -2.27. The zero-order valence-electron chi connectivity index (χ0n) is 18.3. The van der Waals surface area contributed by atoms with Gasteiger partial charge in [-0.05, 0) is 67.3 Å². The largest absolute Gasteiger partial charge is 0.469 e. The van der Waals surface area contributed by atoms with Crippen molar-refractivity contribution in [2.75, 3.05) is 13.2 Å². The van der Waals surface area contributed by atoms with Gasteiger partial charge in [-0.1, -0.05) is 53.7 Å². The van der Waals surface area contributed by atoms with Crippen molar-refractivity contribution in [1.82, 2.24) is 0 Å². The monoisotopic (exact) mass is 523 g/mol. The topological polar surface area (TPSA) is 122 Å². The molecule has 0 heterocycles. The fourth-order valence-electron chi connectivity index (χ4n) is 3.19. The molecule has 34 heavy (non-hydrogen) atoms. The van der Waals surface area contributed by atoms with Crippen LogP contribution < -0.4 is 10.5 Å². The quantitative estimate of drug-likeness (QED) is 0.233. The summed E-state index contributed by atoms with van der Waals surface area (Å²) in [5, 5.41) is 10.2. The van der Waals surface area contributed by atoms with E-state index in [9.17, 15) is 9.67 Å². The SMILES string of the molecule is NC(CO)(CCOP(=O)(O)O)CCc1ccc(Sc2cccc(Oc3ccccc3)c2)cc1Cl. The van der Waals surface area contributed by atoms with Gasteiger partial charge in [-0.15, -0.1) is 0 Å². The molecule has 5 N–H and O–H groups in total. The molecule has 0 aliphatic carbocycles. The van der Waals surface area contributed by atoms with Gasteiger partial charge in [-0.2, -0.15) is 0 Å². The predicted molar refractivity (Wildman–Crippen MR) is 133 cm³/mol. The number of aliphatic hydroxyl groups excluding tert-OH is 1. The number of phosphoric ester groups is 1. The Kier molecular flexibility index (Phi) is 9.59. The van der Waals surface area contributed by atoms with Crippen LogP contribution in [0.1, 0.15) is 18.4 Å². The summed E-state index contributed by atoms with van der Waals surface area (Å²) in [7, 11) is -4.57. The summed E-state index contributed by atoms with van der Waals surface area (Å²) in [6.45, 7) is -0.595. The van der Waals surface area contributed by atoms with Crippen molar-refractivity contribution in [2.24, 2.45) is 5.73 Å². The van der Waals surface area contributed by atoms with Crippen molar-refractivity contribution < 1.29 is 28.7 Å². The number of aliphatic hydroxyl groups is 1. The molecule has 0 bridgehead atoms. The number of halogens is 1. The zero-order valence-corrected chi connectivity index (χ0v) is 20.8. The Morgan fingerprint density at radius 1 is 0.941 bits per heavy atom. The number of hydrogen-bond acceptors (Lipinski definition) is 6. The third-order valence-corrected chi connectivity index (χ3v) is 6.96. The van der Waals surface area contributed by atoms with Crippen LogP contribution in [-0.4, -0.2) is 33.6 Å². The Morgan fingerprint density at radius 3 is 2.32 bits per heavy atom. The maximum Gasteiger partial charge on any atom is 0.469 e. The Bertz CT molecular complexity index is 1130. The van der Waals surface area contributed by atoms with Gasteiger partial charge in [-0.3, -0.25) is 4.52 Å². The molecule has 1 unspecified atom stereocenters. The Labute approximate surface area is 208 Å². The molecule has 0 spiro atoms. The highest BCUT2D eigenvalue weighted by Gasteiger charge is 2.26. The van der Waals surface area contributed by atoms with Crippen molar-refractivity contribution in [1.29, 1.82) is 0 Å². The van der Waals surface area contributed by atoms with Crippen molar-refractivity contribution in [3.8, 4) is 11.5 Å². The molecule has 182 valence electrons. The second-order valence-corrected chi connectivity index (χ2v) is 10.6. The molecule has 0 aliphatic heterocycles. The number of para-hydroxylation sites is 1. The third kappa shape index (κ3) is 8.73. The highest BCUT2D eigenvalue weighted by atomic mass is 35.5. The van der Waals surface area contributed by atoms with E-state index in [0.717, 1.165) is 26.9 Å². The molecule has 0 saturated heterocycles. The molecular weight excluding hydrogens is 497 g/mol. The second kappa shape index (κ2) is 12.2. The van der Waals surface area contributed by atoms with Crippen LogP contribution in [0.4, 0.5) is 0 Å². The smallest absolute Gasteiger partial charge is 0.457 e. The van der Waals surface area contributed by atoms with Crippen molar-refractivity contribution in [3.63, 3.8) is 0 Å². The lowest BCUT2D eigenvalue weighted by Crippen LogP contribution is -2.45. The zero-order chi connectivity index (χ0) is 24.6. The first-order chi connectivity index (χ1) is 16.2. The van der Waals surface area contributed by atoms with Crippen molar-refractivity contribution >= 4 is 31.2 Å². The van der Waals surface area contributed by atoms with Crippen LogP contribution in [0.5, 0.6) is 11.5 Å². The summed E-state index contributed by atoms with van der Waals surface area (Å²) in [4.78, 5) is 19.6. The summed E-state index contributed by atoms with van der Waals surface area (Å²) >= 11 is 8.06. The molecule has 0 amide bonds. The van der Waals surface area contributed by atoms with Gasteiger partial charge in [0.05, 0.1) is 13.2 Å². The number of hydrogen-bond donors (Lipinski definition) is 4. The molecule has 0 radical (unpaired) electrons. The van der Waals surface area contributed by atoms with E-state index in [-0.39, 0.29) is 19.6 Å². The standard InChI is InChI=1S/C24H27ClNO6PS/c25-23-16-22(34-21-8-4-7-20(15-21)32-19-5-2-1-3-6-19)10-9-18(23)11-12-24(26,17-27)13-14-31-33(28,29)30/h1-10,15-16,27H,11-14,17,26H2,(H2,28,29,30). The molecule has 3 aromatic rings. The van der Waals surface area contributed by atoms with Crippen LogP contribution in [0.25, 0.3) is 0 Å². The average Bonchev–Trinajstić information content (AvgIpc) is 2.79. The number of phosphoric acid groups is 1. The number of nitrogens with two attached hydrogens (primary N) is 1. The minimum absolute atomic E-state index is 0.0988. The number of ether oxygens (including phenoxy) is 1. The van der Waals surface area contributed by atoms with Gasteiger partial charge < -0.3 is 25.4 Å². The van der Waals surface area contributed by atoms with Gasteiger partial charge in [0, 0.05) is 20.4 Å². The van der Waals surface area contributed by atoms with Gasteiger partial charge in [0.25, 0.3) is 0 Å². The Balaban J connectivity index is 1.59. The van der Waals surface area contributed by atoms with E-state index in [1.54, 1.807) is 11.8 Å². The summed E-state index contributed by atoms with van der Waals surface area (Å²) < 4.78 is 21.2. The minimum atomic E-state index is -4.57. The van der Waals surface area contributed by atoms with Crippen LogP contribution in [0, 0.1) is 0 Å². The first kappa shape index (κ1) is 26.7. The van der Waals surface area contributed by atoms with Gasteiger partial charge in [0.2, 0.25) is 0 Å². The maximum absolute atomic E-state index is 10.8. The fourth-order valence-corrected chi connectivity index (χ4v) is 4.77. The molecular formula is C24H27ClNO6PS. The lowest BCUT2D eigenvalue weighted by atomic mass is 9.90. The predicted octanol–water partition coefficient (Wildman–Crippen LogP) is 5.41. The fraction of sp³-hybridized carbons (Fsp3) is 0.250. The van der Waals surface area contributed by atoms with E-state index in [4.69, 9.17) is 31.9 Å². The molecule has 0 aromatic heterocycles. The van der Waals surface area contributed by atoms with Crippen molar-refractivity contribution in [2.45, 2.75) is 34.6 Å². The molecule has 7 nitrogen and oxygen atoms in total. The summed E-state index contributed by atoms with van der Waals surface area (Å²) in [5.74, 6) is 1.51. The minimum Gasteiger partial charge on any atom is -0.457 e. The van der Waals surface area contributed by atoms with Crippen molar-refractivity contribution in [3.05, 3.63) is 83.4 Å². The van der Waals surface area contributed by atoms with Crippen LogP contribution in [0.3, 0.4) is 0 Å². The molecule has 0 saturated carbocycles. The van der Waals surface area contributed by atoms with E-state index in [2.05, 4.69) is 4.52 Å². The normalized spacial score (nSPS) is 13.4. The summed E-state index contributed by atoms with van der Waals surface area (Å²) in [6.07, 6.45) is 0.970. The first-order valence-corrected chi connectivity index (χ1v) is 13.3. The van der Waals surface area contributed by atoms with Crippen LogP contribution in [0.15, 0.2) is 82.6 Å². The molecule has 1 atom stereocenters. The summed E-state index contributed by atoms with van der Waals surface area (Å²) in [5.41, 5.74) is 6.01. The number of rotatable bonds is 12.